The molecule has 0 atom stereocenters. The molecule has 2 aromatic heterocycles. The van der Waals surface area contributed by atoms with E-state index in [4.69, 9.17) is 4.42 Å². The van der Waals surface area contributed by atoms with Crippen molar-refractivity contribution < 1.29 is 4.42 Å². The Hall–Kier alpha value is -7.04. The molecule has 4 nitrogen and oxygen atoms in total. The lowest BCUT2D eigenvalue weighted by molar-refractivity contribution is 0.669. The van der Waals surface area contributed by atoms with Crippen LogP contribution in [0.4, 0.5) is 34.1 Å². The minimum Gasteiger partial charge on any atom is -0.454 e. The number of anilines is 6. The fourth-order valence-corrected chi connectivity index (χ4v) is 7.64. The molecule has 10 rings (SSSR count). The predicted octanol–water partition coefficient (Wildman–Crippen LogP) is 13.6. The van der Waals surface area contributed by atoms with Crippen LogP contribution in [0.2, 0.25) is 0 Å². The van der Waals surface area contributed by atoms with Crippen LogP contribution in [0.15, 0.2) is 205 Å². The number of benzene rings is 8. The van der Waals surface area contributed by atoms with Crippen LogP contribution < -0.4 is 9.80 Å². The molecule has 0 aliphatic carbocycles. The third-order valence-corrected chi connectivity index (χ3v) is 9.95. The van der Waals surface area contributed by atoms with Gasteiger partial charge < -0.3 is 18.8 Å². The maximum Gasteiger partial charge on any atom is 0.159 e. The molecule has 0 spiro atoms. The van der Waals surface area contributed by atoms with Gasteiger partial charge in [0.2, 0.25) is 0 Å². The van der Waals surface area contributed by atoms with Gasteiger partial charge in [-0.15, -0.1) is 0 Å². The van der Waals surface area contributed by atoms with Gasteiger partial charge in [0.1, 0.15) is 5.58 Å². The van der Waals surface area contributed by atoms with Gasteiger partial charge in [0.25, 0.3) is 0 Å². The van der Waals surface area contributed by atoms with Crippen LogP contribution in [0.3, 0.4) is 0 Å². The van der Waals surface area contributed by atoms with E-state index < -0.39 is 0 Å². The first kappa shape index (κ1) is 29.8. The summed E-state index contributed by atoms with van der Waals surface area (Å²) < 4.78 is 8.89. The number of furan rings is 1. The Balaban J connectivity index is 1.12. The largest absolute Gasteiger partial charge is 0.454 e. The van der Waals surface area contributed by atoms with E-state index in [0.29, 0.717) is 0 Å². The average molecular weight is 668 g/mol. The fraction of sp³-hybridized carbons (Fsp3) is 0. The summed E-state index contributed by atoms with van der Waals surface area (Å²) in [5.74, 6) is 0. The number of fused-ring (bicyclic) bond motifs is 6. The van der Waals surface area contributed by atoms with Crippen molar-refractivity contribution in [3.05, 3.63) is 200 Å². The minimum atomic E-state index is 0.866. The zero-order valence-corrected chi connectivity index (χ0v) is 28.3. The Morgan fingerprint density at radius 3 is 1.60 bits per heavy atom. The van der Waals surface area contributed by atoms with E-state index in [1.54, 1.807) is 0 Å². The van der Waals surface area contributed by atoms with Crippen LogP contribution in [-0.2, 0) is 0 Å². The molecular weight excluding hydrogens is 635 g/mol. The second-order valence-electron chi connectivity index (χ2n) is 13.0. The van der Waals surface area contributed by atoms with E-state index in [9.17, 15) is 0 Å². The summed E-state index contributed by atoms with van der Waals surface area (Å²) >= 11 is 0. The SMILES string of the molecule is c1ccc(N(c2ccc(N(c3ccccc3)c3cccc4c3oc3ccccc34)cc2)c2ccc3c(c2)c2ccccc2n3-c2ccccc2)cc1. The molecule has 0 saturated carbocycles. The standard InChI is InChI=1S/C48H33N3O/c1-4-15-34(16-5-1)49(39-31-32-45-43(33-39)40-21-10-12-24-44(40)51(45)36-19-8-3-9-20-36)37-27-29-38(30-28-37)50(35-17-6-2-7-18-35)46-25-14-23-42-41-22-11-13-26-47(41)52-48(42)46/h1-33H. The minimum absolute atomic E-state index is 0.866. The highest BCUT2D eigenvalue weighted by Gasteiger charge is 2.21. The van der Waals surface area contributed by atoms with Gasteiger partial charge in [0.15, 0.2) is 5.58 Å². The van der Waals surface area contributed by atoms with Gasteiger partial charge in [-0.3, -0.25) is 0 Å². The van der Waals surface area contributed by atoms with Crippen molar-refractivity contribution in [2.75, 3.05) is 9.80 Å². The lowest BCUT2D eigenvalue weighted by Gasteiger charge is -2.28. The molecule has 52 heavy (non-hydrogen) atoms. The Labute approximate surface area is 301 Å². The van der Waals surface area contributed by atoms with E-state index in [1.165, 1.54) is 21.8 Å². The van der Waals surface area contributed by atoms with Crippen LogP contribution >= 0.6 is 0 Å². The molecule has 10 aromatic rings. The highest BCUT2D eigenvalue weighted by atomic mass is 16.3. The summed E-state index contributed by atoms with van der Waals surface area (Å²) in [6.07, 6.45) is 0. The molecule has 0 N–H and O–H groups in total. The van der Waals surface area contributed by atoms with Crippen molar-refractivity contribution in [1.82, 2.24) is 4.57 Å². The van der Waals surface area contributed by atoms with Crippen molar-refractivity contribution in [2.24, 2.45) is 0 Å². The Morgan fingerprint density at radius 1 is 0.346 bits per heavy atom. The maximum atomic E-state index is 6.53. The van der Waals surface area contributed by atoms with Gasteiger partial charge in [-0.1, -0.05) is 103 Å². The molecule has 2 heterocycles. The lowest BCUT2D eigenvalue weighted by Crippen LogP contribution is -2.12. The zero-order valence-electron chi connectivity index (χ0n) is 28.3. The van der Waals surface area contributed by atoms with E-state index in [-0.39, 0.29) is 0 Å². The van der Waals surface area contributed by atoms with Gasteiger partial charge in [0, 0.05) is 55.7 Å². The second kappa shape index (κ2) is 12.4. The molecule has 0 aliphatic rings. The van der Waals surface area contributed by atoms with Crippen LogP contribution in [-0.4, -0.2) is 4.57 Å². The van der Waals surface area contributed by atoms with Crippen LogP contribution in [0.25, 0.3) is 49.4 Å². The highest BCUT2D eigenvalue weighted by molar-refractivity contribution is 6.11. The van der Waals surface area contributed by atoms with Crippen LogP contribution in [0, 0.1) is 0 Å². The summed E-state index contributed by atoms with van der Waals surface area (Å²) in [6.45, 7) is 0. The monoisotopic (exact) mass is 667 g/mol. The topological polar surface area (TPSA) is 24.6 Å². The summed E-state index contributed by atoms with van der Waals surface area (Å²) in [6, 6.07) is 70.7. The molecular formula is C48H33N3O. The summed E-state index contributed by atoms with van der Waals surface area (Å²) in [5.41, 5.74) is 11.6. The molecule has 246 valence electrons. The molecule has 0 radical (unpaired) electrons. The quantitative estimate of drug-likeness (QED) is 0.169. The lowest BCUT2D eigenvalue weighted by atomic mass is 10.1. The van der Waals surface area contributed by atoms with Crippen molar-refractivity contribution >= 4 is 77.9 Å². The molecule has 0 fully saturated rings. The van der Waals surface area contributed by atoms with Crippen molar-refractivity contribution in [3.8, 4) is 5.69 Å². The van der Waals surface area contributed by atoms with Crippen LogP contribution in [0.1, 0.15) is 0 Å². The first-order chi connectivity index (χ1) is 25.8. The van der Waals surface area contributed by atoms with E-state index in [0.717, 1.165) is 61.8 Å². The molecule has 4 heteroatoms. The molecule has 0 saturated heterocycles. The number of rotatable bonds is 7. The number of para-hydroxylation sites is 6. The maximum absolute atomic E-state index is 6.53. The molecule has 0 amide bonds. The zero-order chi connectivity index (χ0) is 34.4. The van der Waals surface area contributed by atoms with Crippen LogP contribution in [0.5, 0.6) is 0 Å². The summed E-state index contributed by atoms with van der Waals surface area (Å²) in [5, 5.41) is 4.66. The average Bonchev–Trinajstić information content (AvgIpc) is 3.76. The first-order valence-electron chi connectivity index (χ1n) is 17.6. The number of hydrogen-bond acceptors (Lipinski definition) is 3. The van der Waals surface area contributed by atoms with Crippen molar-refractivity contribution in [3.63, 3.8) is 0 Å². The highest BCUT2D eigenvalue weighted by Crippen LogP contribution is 2.44. The number of aromatic nitrogens is 1. The predicted molar refractivity (Wildman–Crippen MR) is 217 cm³/mol. The third-order valence-electron chi connectivity index (χ3n) is 9.95. The third kappa shape index (κ3) is 4.92. The van der Waals surface area contributed by atoms with Gasteiger partial charge in [-0.05, 0) is 97.1 Å². The first-order valence-corrected chi connectivity index (χ1v) is 17.6. The number of hydrogen-bond donors (Lipinski definition) is 0. The Kier molecular flexibility index (Phi) is 7.10. The van der Waals surface area contributed by atoms with Gasteiger partial charge in [0.05, 0.1) is 16.7 Å². The fourth-order valence-electron chi connectivity index (χ4n) is 7.64. The Morgan fingerprint density at radius 2 is 0.865 bits per heavy atom. The summed E-state index contributed by atoms with van der Waals surface area (Å²) in [7, 11) is 0. The van der Waals surface area contributed by atoms with E-state index in [1.807, 2.05) is 12.1 Å². The number of nitrogens with zero attached hydrogens (tertiary/aromatic N) is 3. The molecule has 8 aromatic carbocycles. The molecule has 0 bridgehead atoms. The summed E-state index contributed by atoms with van der Waals surface area (Å²) in [4.78, 5) is 4.62. The van der Waals surface area contributed by atoms with Crippen molar-refractivity contribution in [1.29, 1.82) is 0 Å². The van der Waals surface area contributed by atoms with Crippen molar-refractivity contribution in [2.45, 2.75) is 0 Å². The molecule has 0 aliphatic heterocycles. The van der Waals surface area contributed by atoms with E-state index >= 15 is 0 Å². The smallest absolute Gasteiger partial charge is 0.159 e. The second-order valence-corrected chi connectivity index (χ2v) is 13.0. The van der Waals surface area contributed by atoms with Gasteiger partial charge >= 0.3 is 0 Å². The Bertz CT molecular complexity index is 2840. The molecule has 0 unspecified atom stereocenters. The van der Waals surface area contributed by atoms with Gasteiger partial charge in [-0.2, -0.15) is 0 Å². The normalized spacial score (nSPS) is 11.5. The van der Waals surface area contributed by atoms with E-state index in [2.05, 4.69) is 202 Å². The van der Waals surface area contributed by atoms with Gasteiger partial charge in [-0.25, -0.2) is 0 Å².